The third-order valence-corrected chi connectivity index (χ3v) is 9.24. The monoisotopic (exact) mass is 545 g/mol. The number of allylic oxidation sites excluding steroid dienone is 6. The van der Waals surface area contributed by atoms with Crippen LogP contribution in [0.2, 0.25) is 0 Å². The van der Waals surface area contributed by atoms with E-state index in [1.807, 2.05) is 31.2 Å². The molecule has 1 heterocycles. The molecule has 2 amide bonds. The molecule has 0 N–H and O–H groups in total. The van der Waals surface area contributed by atoms with Gasteiger partial charge in [-0.1, -0.05) is 119 Å². The number of hydrogen-bond acceptors (Lipinski definition) is 2. The molecule has 212 valence electrons. The molecule has 2 aromatic rings. The summed E-state index contributed by atoms with van der Waals surface area (Å²) in [7, 11) is 0. The lowest BCUT2D eigenvalue weighted by Gasteiger charge is -2.35. The lowest BCUT2D eigenvalue weighted by molar-refractivity contribution is -0.124. The minimum atomic E-state index is -0.199. The summed E-state index contributed by atoms with van der Waals surface area (Å²) in [5.74, 6) is 0.934. The minimum Gasteiger partial charge on any atom is -0.271 e. The summed E-state index contributed by atoms with van der Waals surface area (Å²) in [5, 5.41) is 1.44. The molecule has 3 aliphatic rings. The second-order valence-electron chi connectivity index (χ2n) is 11.7. The number of carbonyl (C=O) groups excluding carboxylic acids is 2. The van der Waals surface area contributed by atoms with E-state index in [4.69, 9.17) is 0 Å². The molecule has 0 fully saturated rings. The minimum absolute atomic E-state index is 0.0983. The first-order chi connectivity index (χ1) is 19.9. The molecule has 0 aromatic heterocycles. The third kappa shape index (κ3) is 5.23. The molecule has 1 aliphatic heterocycles. The zero-order valence-corrected chi connectivity index (χ0v) is 25.0. The van der Waals surface area contributed by atoms with E-state index in [9.17, 15) is 9.59 Å². The molecule has 0 spiro atoms. The van der Waals surface area contributed by atoms with Crippen molar-refractivity contribution < 1.29 is 9.59 Å². The molecule has 0 saturated heterocycles. The Bertz CT molecular complexity index is 1570. The second-order valence-corrected chi connectivity index (χ2v) is 11.7. The van der Waals surface area contributed by atoms with Crippen LogP contribution in [0.5, 0.6) is 0 Å². The zero-order valence-electron chi connectivity index (χ0n) is 25.0. The Labute approximate surface area is 245 Å². The normalized spacial score (nSPS) is 22.6. The van der Waals surface area contributed by atoms with Gasteiger partial charge in [-0.15, -0.1) is 0 Å². The largest absolute Gasteiger partial charge is 0.271 e. The van der Waals surface area contributed by atoms with Gasteiger partial charge in [0.1, 0.15) is 0 Å². The highest BCUT2D eigenvalue weighted by Gasteiger charge is 2.36. The first-order valence-electron chi connectivity index (χ1n) is 15.4. The standard InChI is InChI=1S/C38H43NO2/c1-6-9-10-17-27(8-3)39-37(40)34(15-7-2)36-26(5)29(21-24-35(36)38(39)41)33-23-22-32(28-18-12-11-16-25(28)4)30-19-13-14-20-31(30)33/h7,11-16,18-21,23-25,27-28,32H,5-6,8-10,17,22H2,1-4H3/b15-7-. The molecule has 4 unspecified atom stereocenters. The summed E-state index contributed by atoms with van der Waals surface area (Å²) in [6.45, 7) is 13.0. The third-order valence-electron chi connectivity index (χ3n) is 9.24. The van der Waals surface area contributed by atoms with Crippen molar-refractivity contribution in [1.29, 1.82) is 0 Å². The van der Waals surface area contributed by atoms with Gasteiger partial charge in [-0.05, 0) is 77.5 Å². The average Bonchev–Trinajstić information content (AvgIpc) is 2.98. The van der Waals surface area contributed by atoms with E-state index in [1.54, 1.807) is 0 Å². The second kappa shape index (κ2) is 12.4. The molecule has 3 heteroatoms. The zero-order chi connectivity index (χ0) is 29.1. The quantitative estimate of drug-likeness (QED) is 0.242. The number of imide groups is 1. The van der Waals surface area contributed by atoms with Gasteiger partial charge in [0.2, 0.25) is 0 Å². The van der Waals surface area contributed by atoms with Crippen molar-refractivity contribution in [2.75, 3.05) is 0 Å². The summed E-state index contributed by atoms with van der Waals surface area (Å²) >= 11 is 0. The van der Waals surface area contributed by atoms with Gasteiger partial charge in [0.05, 0.1) is 0 Å². The SMILES string of the molecule is C=c1c(C2=CCC(C3C=CC=CC3C)c3ccccc32)ccc2c1=C(/C=C\C)C(=O)N(C(CC)CCCCC)C2=O. The van der Waals surface area contributed by atoms with Crippen LogP contribution in [0, 0.1) is 11.8 Å². The van der Waals surface area contributed by atoms with Crippen molar-refractivity contribution in [2.24, 2.45) is 11.8 Å². The fourth-order valence-electron chi connectivity index (χ4n) is 7.05. The Hall–Kier alpha value is -3.72. The summed E-state index contributed by atoms with van der Waals surface area (Å²) in [6, 6.07) is 12.6. The Morgan fingerprint density at radius 1 is 0.976 bits per heavy atom. The van der Waals surface area contributed by atoms with Crippen molar-refractivity contribution in [3.8, 4) is 0 Å². The number of hydrogen-bond donors (Lipinski definition) is 0. The summed E-state index contributed by atoms with van der Waals surface area (Å²) in [4.78, 5) is 29.4. The highest BCUT2D eigenvalue weighted by molar-refractivity contribution is 6.27. The van der Waals surface area contributed by atoms with Crippen LogP contribution in [0.3, 0.4) is 0 Å². The van der Waals surface area contributed by atoms with Gasteiger partial charge in [-0.25, -0.2) is 0 Å². The van der Waals surface area contributed by atoms with Gasteiger partial charge < -0.3 is 0 Å². The van der Waals surface area contributed by atoms with Crippen LogP contribution in [-0.2, 0) is 4.79 Å². The van der Waals surface area contributed by atoms with E-state index in [1.165, 1.54) is 16.0 Å². The molecule has 3 nitrogen and oxygen atoms in total. The summed E-state index contributed by atoms with van der Waals surface area (Å²) in [5.41, 5.74) is 5.85. The number of unbranched alkanes of at least 4 members (excludes halogenated alkanes) is 2. The fraction of sp³-hybridized carbons (Fsp3) is 0.368. The first-order valence-corrected chi connectivity index (χ1v) is 15.4. The van der Waals surface area contributed by atoms with E-state index < -0.39 is 0 Å². The smallest absolute Gasteiger partial charge is 0.261 e. The Morgan fingerprint density at radius 2 is 1.73 bits per heavy atom. The van der Waals surface area contributed by atoms with E-state index in [-0.39, 0.29) is 17.9 Å². The maximum Gasteiger partial charge on any atom is 0.261 e. The van der Waals surface area contributed by atoms with Crippen LogP contribution in [0.1, 0.15) is 99.2 Å². The highest BCUT2D eigenvalue weighted by atomic mass is 16.2. The Morgan fingerprint density at radius 3 is 2.46 bits per heavy atom. The average molecular weight is 546 g/mol. The van der Waals surface area contributed by atoms with Crippen LogP contribution in [0.15, 0.2) is 78.9 Å². The van der Waals surface area contributed by atoms with Crippen molar-refractivity contribution in [3.05, 3.63) is 112 Å². The summed E-state index contributed by atoms with van der Waals surface area (Å²) < 4.78 is 0. The van der Waals surface area contributed by atoms with E-state index in [0.717, 1.165) is 54.9 Å². The lowest BCUT2D eigenvalue weighted by atomic mass is 9.70. The van der Waals surface area contributed by atoms with Crippen LogP contribution >= 0.6 is 0 Å². The van der Waals surface area contributed by atoms with Gasteiger partial charge in [-0.3, -0.25) is 14.5 Å². The van der Waals surface area contributed by atoms with Crippen molar-refractivity contribution in [1.82, 2.24) is 4.90 Å². The number of rotatable bonds is 9. The molecule has 2 aliphatic carbocycles. The number of amides is 2. The molecule has 4 atom stereocenters. The van der Waals surface area contributed by atoms with Crippen molar-refractivity contribution >= 4 is 29.5 Å². The maximum absolute atomic E-state index is 14.0. The van der Waals surface area contributed by atoms with Gasteiger partial charge in [0, 0.05) is 22.4 Å². The summed E-state index contributed by atoms with van der Waals surface area (Å²) in [6.07, 6.45) is 20.8. The van der Waals surface area contributed by atoms with Gasteiger partial charge >= 0.3 is 0 Å². The number of nitrogens with zero attached hydrogens (tertiary/aromatic N) is 1. The Kier molecular flexibility index (Phi) is 8.73. The van der Waals surface area contributed by atoms with E-state index >= 15 is 0 Å². The first kappa shape index (κ1) is 28.8. The van der Waals surface area contributed by atoms with Gasteiger partial charge in [0.15, 0.2) is 0 Å². The van der Waals surface area contributed by atoms with Gasteiger partial charge in [0.25, 0.3) is 11.8 Å². The Balaban J connectivity index is 1.61. The lowest BCUT2D eigenvalue weighted by Crippen LogP contribution is -2.53. The molecular weight excluding hydrogens is 502 g/mol. The van der Waals surface area contributed by atoms with E-state index in [0.29, 0.717) is 34.1 Å². The molecule has 0 bridgehead atoms. The van der Waals surface area contributed by atoms with E-state index in [2.05, 4.69) is 82.0 Å². The molecule has 5 rings (SSSR count). The number of benzene rings is 2. The maximum atomic E-state index is 14.0. The van der Waals surface area contributed by atoms with Crippen LogP contribution in [0.25, 0.3) is 17.7 Å². The van der Waals surface area contributed by atoms with Crippen LogP contribution in [0.4, 0.5) is 0 Å². The van der Waals surface area contributed by atoms with Gasteiger partial charge in [-0.2, -0.15) is 0 Å². The molecule has 41 heavy (non-hydrogen) atoms. The highest BCUT2D eigenvalue weighted by Crippen LogP contribution is 2.44. The molecular formula is C38H43NO2. The van der Waals surface area contributed by atoms with Crippen molar-refractivity contribution in [3.63, 3.8) is 0 Å². The van der Waals surface area contributed by atoms with Crippen molar-refractivity contribution in [2.45, 2.75) is 78.2 Å². The number of fused-ring (bicyclic) bond motifs is 2. The molecule has 0 saturated carbocycles. The number of carbonyl (C=O) groups is 2. The molecule has 2 aromatic carbocycles. The molecule has 0 radical (unpaired) electrons. The topological polar surface area (TPSA) is 37.4 Å². The predicted octanol–water partition coefficient (Wildman–Crippen LogP) is 7.46. The fourth-order valence-corrected chi connectivity index (χ4v) is 7.05. The predicted molar refractivity (Wildman–Crippen MR) is 171 cm³/mol. The van der Waals surface area contributed by atoms with Crippen LogP contribution in [-0.4, -0.2) is 22.8 Å². The van der Waals surface area contributed by atoms with Crippen LogP contribution < -0.4 is 10.4 Å².